The highest BCUT2D eigenvalue weighted by molar-refractivity contribution is 7.47. The first-order valence-electron chi connectivity index (χ1n) is 43.6. The molecule has 17 nitrogen and oxygen atoms in total. The second kappa shape index (κ2) is 76.8. The minimum Gasteiger partial charge on any atom is -0.462 e. The van der Waals surface area contributed by atoms with E-state index < -0.39 is 97.5 Å². The number of hydrogen-bond acceptors (Lipinski definition) is 15. The quantitative estimate of drug-likeness (QED) is 0.0222. The Morgan fingerprint density at radius 3 is 0.660 bits per heavy atom. The molecule has 5 atom stereocenters. The van der Waals surface area contributed by atoms with Crippen LogP contribution in [0.2, 0.25) is 0 Å². The average molecular weight is 1510 g/mol. The lowest BCUT2D eigenvalue weighted by atomic mass is 10.0. The number of rotatable bonds is 84. The molecule has 2 unspecified atom stereocenters. The Bertz CT molecular complexity index is 1960. The van der Waals surface area contributed by atoms with Gasteiger partial charge >= 0.3 is 39.5 Å². The molecule has 0 rings (SSSR count). The van der Waals surface area contributed by atoms with Crippen molar-refractivity contribution in [2.75, 3.05) is 39.6 Å². The monoisotopic (exact) mass is 1510 g/mol. The summed E-state index contributed by atoms with van der Waals surface area (Å²) >= 11 is 0. The number of aliphatic hydroxyl groups excluding tert-OH is 1. The van der Waals surface area contributed by atoms with E-state index in [0.29, 0.717) is 25.7 Å². The highest BCUT2D eigenvalue weighted by atomic mass is 31.2. The van der Waals surface area contributed by atoms with Crippen molar-refractivity contribution < 1.29 is 80.2 Å². The van der Waals surface area contributed by atoms with Gasteiger partial charge in [-0.3, -0.25) is 37.3 Å². The van der Waals surface area contributed by atoms with Gasteiger partial charge in [-0.1, -0.05) is 401 Å². The number of esters is 4. The fraction of sp³-hybridized carbons (Fsp3) is 0.952. The third kappa shape index (κ3) is 78.0. The van der Waals surface area contributed by atoms with E-state index in [9.17, 15) is 43.2 Å². The van der Waals surface area contributed by atoms with Crippen molar-refractivity contribution >= 4 is 39.5 Å². The third-order valence-electron chi connectivity index (χ3n) is 19.8. The van der Waals surface area contributed by atoms with E-state index in [1.807, 2.05) is 0 Å². The molecule has 612 valence electrons. The Morgan fingerprint density at radius 2 is 0.447 bits per heavy atom. The Labute approximate surface area is 632 Å². The van der Waals surface area contributed by atoms with Gasteiger partial charge in [-0.2, -0.15) is 0 Å². The Morgan fingerprint density at radius 1 is 0.262 bits per heavy atom. The molecule has 0 aliphatic heterocycles. The zero-order valence-electron chi connectivity index (χ0n) is 67.5. The van der Waals surface area contributed by atoms with Crippen LogP contribution in [-0.2, 0) is 65.4 Å². The topological polar surface area (TPSA) is 237 Å². The summed E-state index contributed by atoms with van der Waals surface area (Å²) in [6.07, 6.45) is 69.2. The van der Waals surface area contributed by atoms with Gasteiger partial charge in [-0.15, -0.1) is 0 Å². The molecule has 0 saturated heterocycles. The van der Waals surface area contributed by atoms with Gasteiger partial charge < -0.3 is 33.8 Å². The van der Waals surface area contributed by atoms with E-state index in [1.165, 1.54) is 276 Å². The molecule has 0 fully saturated rings. The summed E-state index contributed by atoms with van der Waals surface area (Å²) in [6, 6.07) is 0. The van der Waals surface area contributed by atoms with Crippen LogP contribution in [0.15, 0.2) is 0 Å². The summed E-state index contributed by atoms with van der Waals surface area (Å²) in [6.45, 7) is 7.38. The Balaban J connectivity index is 5.27. The Hall–Kier alpha value is -1.94. The number of unbranched alkanes of at least 4 members (excludes halogenated alkanes) is 56. The Kier molecular flexibility index (Phi) is 75.4. The van der Waals surface area contributed by atoms with Crippen LogP contribution < -0.4 is 0 Å². The van der Waals surface area contributed by atoms with Crippen LogP contribution >= 0.6 is 15.6 Å². The predicted molar refractivity (Wildman–Crippen MR) is 423 cm³/mol. The van der Waals surface area contributed by atoms with Crippen LogP contribution in [-0.4, -0.2) is 96.7 Å². The molecule has 0 bridgehead atoms. The van der Waals surface area contributed by atoms with Gasteiger partial charge in [0, 0.05) is 25.7 Å². The van der Waals surface area contributed by atoms with Gasteiger partial charge in [0.05, 0.1) is 26.4 Å². The van der Waals surface area contributed by atoms with Crippen molar-refractivity contribution in [3.8, 4) is 0 Å². The molecule has 0 aromatic rings. The molecule has 0 saturated carbocycles. The van der Waals surface area contributed by atoms with E-state index in [4.69, 9.17) is 37.0 Å². The van der Waals surface area contributed by atoms with Gasteiger partial charge in [0.25, 0.3) is 0 Å². The normalized spacial score (nSPS) is 13.8. The molecule has 0 spiro atoms. The zero-order valence-corrected chi connectivity index (χ0v) is 69.3. The van der Waals surface area contributed by atoms with Crippen LogP contribution in [0.1, 0.15) is 452 Å². The first-order chi connectivity index (χ1) is 50.0. The van der Waals surface area contributed by atoms with Crippen LogP contribution in [0.3, 0.4) is 0 Å². The first kappa shape index (κ1) is 101. The highest BCUT2D eigenvalue weighted by Gasteiger charge is 2.30. The molecule has 0 aromatic carbocycles. The fourth-order valence-electron chi connectivity index (χ4n) is 13.1. The van der Waals surface area contributed by atoms with Gasteiger partial charge in [0.2, 0.25) is 0 Å². The zero-order chi connectivity index (χ0) is 75.5. The summed E-state index contributed by atoms with van der Waals surface area (Å²) in [5.41, 5.74) is 0. The molecule has 0 heterocycles. The van der Waals surface area contributed by atoms with Gasteiger partial charge in [-0.25, -0.2) is 9.13 Å². The highest BCUT2D eigenvalue weighted by Crippen LogP contribution is 2.45. The number of phosphoric ester groups is 2. The van der Waals surface area contributed by atoms with E-state index in [2.05, 4.69) is 34.6 Å². The van der Waals surface area contributed by atoms with Crippen LogP contribution in [0.25, 0.3) is 0 Å². The predicted octanol–water partition coefficient (Wildman–Crippen LogP) is 25.6. The summed E-state index contributed by atoms with van der Waals surface area (Å²) < 4.78 is 68.9. The van der Waals surface area contributed by atoms with Crippen molar-refractivity contribution in [1.82, 2.24) is 0 Å². The maximum Gasteiger partial charge on any atom is 0.472 e. The lowest BCUT2D eigenvalue weighted by molar-refractivity contribution is -0.161. The second-order valence-corrected chi connectivity index (χ2v) is 33.6. The van der Waals surface area contributed by atoms with Crippen LogP contribution in [0, 0.1) is 5.92 Å². The molecule has 0 aromatic heterocycles. The maximum atomic E-state index is 13.1. The maximum absolute atomic E-state index is 13.1. The van der Waals surface area contributed by atoms with Gasteiger partial charge in [0.15, 0.2) is 12.2 Å². The van der Waals surface area contributed by atoms with Crippen molar-refractivity contribution in [3.05, 3.63) is 0 Å². The van der Waals surface area contributed by atoms with Gasteiger partial charge in [-0.05, 0) is 31.6 Å². The van der Waals surface area contributed by atoms with E-state index in [0.717, 1.165) is 95.8 Å². The lowest BCUT2D eigenvalue weighted by Gasteiger charge is -2.21. The molecule has 0 aliphatic carbocycles. The van der Waals surface area contributed by atoms with Crippen LogP contribution in [0.5, 0.6) is 0 Å². The first-order valence-corrected chi connectivity index (χ1v) is 46.6. The SMILES string of the molecule is CCCCCCCCCCCCCCCCCCCC(=O)OC[C@H](COP(=O)(O)OC[C@@H](O)COP(=O)(O)OC[C@@H](COC(=O)CCCCCCCCCCCCCCC)OC(=O)CCCCCCCCCCCCCCCC(C)C)OC(=O)CCCCCCCCCCCCCCCCCCC. The smallest absolute Gasteiger partial charge is 0.462 e. The second-order valence-electron chi connectivity index (χ2n) is 30.7. The van der Waals surface area contributed by atoms with E-state index in [-0.39, 0.29) is 25.7 Å². The van der Waals surface area contributed by atoms with E-state index >= 15 is 0 Å². The molecule has 0 amide bonds. The van der Waals surface area contributed by atoms with Gasteiger partial charge in [0.1, 0.15) is 19.3 Å². The molecule has 0 aliphatic rings. The summed E-state index contributed by atoms with van der Waals surface area (Å²) in [5, 5.41) is 10.7. The minimum absolute atomic E-state index is 0.108. The number of hydrogen-bond donors (Lipinski definition) is 3. The summed E-state index contributed by atoms with van der Waals surface area (Å²) in [5.74, 6) is -1.31. The van der Waals surface area contributed by atoms with Crippen molar-refractivity contribution in [2.24, 2.45) is 5.92 Å². The molecular formula is C84H164O17P2. The molecule has 19 heteroatoms. The molecular weight excluding hydrogens is 1340 g/mol. The fourth-order valence-corrected chi connectivity index (χ4v) is 14.7. The minimum atomic E-state index is -4.96. The standard InChI is InChI=1S/C84H164O17P2/c1-6-9-12-15-18-21-24-27-29-31-33-38-43-48-53-58-63-68-82(87)95-74-80(100-83(88)69-64-59-54-49-44-39-34-32-30-28-25-22-19-16-13-10-7-2)76-99-103(92,93)97-72-78(85)71-96-102(90,91)98-75-79(73-94-81(86)67-62-57-52-47-42-36-26-23-20-17-14-11-8-3)101-84(89)70-65-60-55-50-45-40-35-37-41-46-51-56-61-66-77(4)5/h77-80,85H,6-76H2,1-5H3,(H,90,91)(H,92,93)/t78-,79+,80+/m0/s1. The summed E-state index contributed by atoms with van der Waals surface area (Å²) in [4.78, 5) is 73.2. The van der Waals surface area contributed by atoms with Crippen LogP contribution in [0.4, 0.5) is 0 Å². The van der Waals surface area contributed by atoms with Crippen molar-refractivity contribution in [1.29, 1.82) is 0 Å². The molecule has 0 radical (unpaired) electrons. The number of ether oxygens (including phenoxy) is 4. The van der Waals surface area contributed by atoms with E-state index in [1.54, 1.807) is 0 Å². The molecule has 103 heavy (non-hydrogen) atoms. The van der Waals surface area contributed by atoms with Crippen molar-refractivity contribution in [3.63, 3.8) is 0 Å². The average Bonchev–Trinajstić information content (AvgIpc) is 0.931. The third-order valence-corrected chi connectivity index (χ3v) is 21.7. The lowest BCUT2D eigenvalue weighted by Crippen LogP contribution is -2.30. The molecule has 3 N–H and O–H groups in total. The summed E-state index contributed by atoms with van der Waals surface area (Å²) in [7, 11) is -9.93. The number of carbonyl (C=O) groups excluding carboxylic acids is 4. The van der Waals surface area contributed by atoms with Crippen molar-refractivity contribution in [2.45, 2.75) is 470 Å². The number of carbonyl (C=O) groups is 4. The largest absolute Gasteiger partial charge is 0.472 e. The number of aliphatic hydroxyl groups is 1. The number of phosphoric acid groups is 2.